The summed E-state index contributed by atoms with van der Waals surface area (Å²) >= 11 is 5.99. The molecule has 1 unspecified atom stereocenters. The van der Waals surface area contributed by atoms with Crippen LogP contribution in [-0.4, -0.2) is 13.6 Å². The molecule has 1 N–H and O–H groups in total. The number of rotatable bonds is 5. The van der Waals surface area contributed by atoms with Gasteiger partial charge in [-0.05, 0) is 54.9 Å². The molecule has 0 aliphatic heterocycles. The molecule has 0 spiro atoms. The topological polar surface area (TPSA) is 12.0 Å². The molecule has 2 aromatic rings. The molecule has 1 nitrogen and oxygen atoms in total. The zero-order valence-electron chi connectivity index (χ0n) is 11.2. The maximum absolute atomic E-state index is 13.8. The van der Waals surface area contributed by atoms with Gasteiger partial charge in [-0.1, -0.05) is 23.7 Å². The van der Waals surface area contributed by atoms with E-state index >= 15 is 0 Å². The van der Waals surface area contributed by atoms with Crippen LogP contribution in [0.3, 0.4) is 0 Å². The molecular weight excluding hydrogens is 280 g/mol. The first-order valence-electron chi connectivity index (χ1n) is 6.44. The van der Waals surface area contributed by atoms with Crippen molar-refractivity contribution in [1.29, 1.82) is 0 Å². The summed E-state index contributed by atoms with van der Waals surface area (Å²) in [6.07, 6.45) is 0.421. The summed E-state index contributed by atoms with van der Waals surface area (Å²) < 4.78 is 27.0. The van der Waals surface area contributed by atoms with Crippen LogP contribution in [0.2, 0.25) is 5.02 Å². The molecular formula is C16H16ClF2N. The van der Waals surface area contributed by atoms with E-state index in [-0.39, 0.29) is 11.7 Å². The molecule has 0 bridgehead atoms. The van der Waals surface area contributed by atoms with E-state index < -0.39 is 5.82 Å². The highest BCUT2D eigenvalue weighted by atomic mass is 35.5. The number of halogens is 3. The number of hydrogen-bond donors (Lipinski definition) is 1. The average Bonchev–Trinajstić information content (AvgIpc) is 2.42. The van der Waals surface area contributed by atoms with Gasteiger partial charge in [0.2, 0.25) is 0 Å². The first-order valence-corrected chi connectivity index (χ1v) is 6.82. The molecule has 2 aromatic carbocycles. The van der Waals surface area contributed by atoms with Gasteiger partial charge in [-0.15, -0.1) is 0 Å². The minimum atomic E-state index is -0.421. The van der Waals surface area contributed by atoms with E-state index in [0.717, 1.165) is 11.6 Å². The fourth-order valence-electron chi connectivity index (χ4n) is 2.28. The predicted molar refractivity (Wildman–Crippen MR) is 78.2 cm³/mol. The van der Waals surface area contributed by atoms with Gasteiger partial charge in [0.05, 0.1) is 0 Å². The maximum atomic E-state index is 13.8. The molecule has 0 aliphatic carbocycles. The second kappa shape index (κ2) is 6.82. The quantitative estimate of drug-likeness (QED) is 0.873. The minimum absolute atomic E-state index is 0.0370. The molecule has 0 saturated heterocycles. The number of hydrogen-bond acceptors (Lipinski definition) is 1. The summed E-state index contributed by atoms with van der Waals surface area (Å²) in [5, 5.41) is 3.72. The Balaban J connectivity index is 2.27. The summed E-state index contributed by atoms with van der Waals surface area (Å²) in [6.45, 7) is 0.663. The van der Waals surface area contributed by atoms with E-state index in [4.69, 9.17) is 11.6 Å². The highest BCUT2D eigenvalue weighted by Gasteiger charge is 2.15. The Morgan fingerprint density at radius 3 is 2.65 bits per heavy atom. The largest absolute Gasteiger partial charge is 0.319 e. The van der Waals surface area contributed by atoms with E-state index in [0.29, 0.717) is 23.6 Å². The van der Waals surface area contributed by atoms with Crippen LogP contribution in [-0.2, 0) is 6.42 Å². The number of nitrogens with one attached hydrogen (secondary N) is 1. The Labute approximate surface area is 122 Å². The lowest BCUT2D eigenvalue weighted by Gasteiger charge is -2.18. The third-order valence-corrected chi connectivity index (χ3v) is 3.48. The second-order valence-electron chi connectivity index (χ2n) is 4.75. The summed E-state index contributed by atoms with van der Waals surface area (Å²) in [5.74, 6) is -0.764. The molecule has 0 heterocycles. The monoisotopic (exact) mass is 295 g/mol. The van der Waals surface area contributed by atoms with Crippen molar-refractivity contribution >= 4 is 11.6 Å². The fourth-order valence-corrected chi connectivity index (χ4v) is 2.48. The van der Waals surface area contributed by atoms with Gasteiger partial charge in [-0.2, -0.15) is 0 Å². The molecule has 106 valence electrons. The molecule has 4 heteroatoms. The van der Waals surface area contributed by atoms with Crippen molar-refractivity contribution in [2.45, 2.75) is 12.3 Å². The van der Waals surface area contributed by atoms with E-state index in [1.54, 1.807) is 6.07 Å². The molecule has 0 aliphatic rings. The lowest BCUT2D eigenvalue weighted by Crippen LogP contribution is -2.19. The molecule has 1 atom stereocenters. The van der Waals surface area contributed by atoms with Crippen molar-refractivity contribution in [3.63, 3.8) is 0 Å². The number of benzene rings is 2. The SMILES string of the molecule is CNCC(Cc1cc(F)ccc1F)c1cccc(Cl)c1. The zero-order valence-corrected chi connectivity index (χ0v) is 11.9. The van der Waals surface area contributed by atoms with Gasteiger partial charge in [0.15, 0.2) is 0 Å². The van der Waals surface area contributed by atoms with Crippen LogP contribution in [0.5, 0.6) is 0 Å². The van der Waals surface area contributed by atoms with Crippen molar-refractivity contribution in [2.24, 2.45) is 0 Å². The first-order chi connectivity index (χ1) is 9.60. The van der Waals surface area contributed by atoms with Gasteiger partial charge in [0.1, 0.15) is 11.6 Å². The number of likely N-dealkylation sites (N-methyl/N-ethyl adjacent to an activating group) is 1. The Morgan fingerprint density at radius 1 is 1.15 bits per heavy atom. The summed E-state index contributed by atoms with van der Waals surface area (Å²) in [6, 6.07) is 11.0. The van der Waals surface area contributed by atoms with Gasteiger partial charge < -0.3 is 5.32 Å². The van der Waals surface area contributed by atoms with Crippen molar-refractivity contribution in [1.82, 2.24) is 5.32 Å². The van der Waals surface area contributed by atoms with Crippen LogP contribution in [0.4, 0.5) is 8.78 Å². The summed E-state index contributed by atoms with van der Waals surface area (Å²) in [7, 11) is 1.83. The van der Waals surface area contributed by atoms with Crippen LogP contribution in [0, 0.1) is 11.6 Å². The van der Waals surface area contributed by atoms with Crippen LogP contribution in [0.25, 0.3) is 0 Å². The first kappa shape index (κ1) is 14.9. The Hall–Kier alpha value is -1.45. The lowest BCUT2D eigenvalue weighted by atomic mass is 9.91. The zero-order chi connectivity index (χ0) is 14.5. The molecule has 0 radical (unpaired) electrons. The van der Waals surface area contributed by atoms with E-state index in [9.17, 15) is 8.78 Å². The Morgan fingerprint density at radius 2 is 1.95 bits per heavy atom. The Bertz CT molecular complexity index is 586. The molecule has 0 saturated carbocycles. The van der Waals surface area contributed by atoms with E-state index in [1.165, 1.54) is 12.1 Å². The third kappa shape index (κ3) is 3.78. The molecule has 0 aromatic heterocycles. The average molecular weight is 296 g/mol. The maximum Gasteiger partial charge on any atom is 0.126 e. The van der Waals surface area contributed by atoms with Gasteiger partial charge >= 0.3 is 0 Å². The van der Waals surface area contributed by atoms with Gasteiger partial charge in [-0.3, -0.25) is 0 Å². The predicted octanol–water partition coefficient (Wildman–Crippen LogP) is 4.16. The second-order valence-corrected chi connectivity index (χ2v) is 5.19. The lowest BCUT2D eigenvalue weighted by molar-refractivity contribution is 0.560. The van der Waals surface area contributed by atoms with Crippen molar-refractivity contribution < 1.29 is 8.78 Å². The van der Waals surface area contributed by atoms with E-state index in [1.807, 2.05) is 25.2 Å². The molecule has 20 heavy (non-hydrogen) atoms. The third-order valence-electron chi connectivity index (χ3n) is 3.24. The van der Waals surface area contributed by atoms with Gasteiger partial charge in [-0.25, -0.2) is 8.78 Å². The van der Waals surface area contributed by atoms with Crippen LogP contribution < -0.4 is 5.32 Å². The summed E-state index contributed by atoms with van der Waals surface area (Å²) in [5.41, 5.74) is 1.39. The van der Waals surface area contributed by atoms with Gasteiger partial charge in [0, 0.05) is 17.5 Å². The molecule has 0 fully saturated rings. The van der Waals surface area contributed by atoms with Crippen LogP contribution in [0.15, 0.2) is 42.5 Å². The fraction of sp³-hybridized carbons (Fsp3) is 0.250. The smallest absolute Gasteiger partial charge is 0.126 e. The summed E-state index contributed by atoms with van der Waals surface area (Å²) in [4.78, 5) is 0. The van der Waals surface area contributed by atoms with Gasteiger partial charge in [0.25, 0.3) is 0 Å². The standard InChI is InChI=1S/C16H16ClF2N/c1-20-10-13(11-3-2-4-14(17)8-11)7-12-9-15(18)5-6-16(12)19/h2-6,8-9,13,20H,7,10H2,1H3. The highest BCUT2D eigenvalue weighted by molar-refractivity contribution is 6.30. The molecule has 0 amide bonds. The van der Waals surface area contributed by atoms with E-state index in [2.05, 4.69) is 5.32 Å². The van der Waals surface area contributed by atoms with Crippen molar-refractivity contribution in [3.8, 4) is 0 Å². The highest BCUT2D eigenvalue weighted by Crippen LogP contribution is 2.24. The normalized spacial score (nSPS) is 12.4. The molecule has 2 rings (SSSR count). The van der Waals surface area contributed by atoms with Crippen LogP contribution >= 0.6 is 11.6 Å². The minimum Gasteiger partial charge on any atom is -0.319 e. The van der Waals surface area contributed by atoms with Crippen molar-refractivity contribution in [3.05, 3.63) is 70.2 Å². The Kier molecular flexibility index (Phi) is 5.10. The van der Waals surface area contributed by atoms with Crippen LogP contribution in [0.1, 0.15) is 17.0 Å². The van der Waals surface area contributed by atoms with Crippen molar-refractivity contribution in [2.75, 3.05) is 13.6 Å².